The molecule has 0 aliphatic heterocycles. The molecule has 0 amide bonds. The zero-order valence-electron chi connectivity index (χ0n) is 6.65. The largest absolute Gasteiger partial charge is 0.479 e. The van der Waals surface area contributed by atoms with Gasteiger partial charge in [0.2, 0.25) is 0 Å². The minimum Gasteiger partial charge on any atom is -0.479 e. The van der Waals surface area contributed by atoms with Gasteiger partial charge in [0.05, 0.1) is 6.26 Å². The Labute approximate surface area is 69.4 Å². The molecule has 0 spiro atoms. The molecule has 0 bridgehead atoms. The molecule has 0 saturated carbocycles. The van der Waals surface area contributed by atoms with E-state index in [0.29, 0.717) is 5.76 Å². The number of carboxylic acids is 1. The van der Waals surface area contributed by atoms with Crippen molar-refractivity contribution >= 4 is 5.97 Å². The first-order valence-electron chi connectivity index (χ1n) is 3.54. The smallest absolute Gasteiger partial charge is 0.332 e. The molecular formula is C8H10O4. The number of aliphatic hydroxyl groups excluding tert-OH is 1. The molecule has 0 saturated heterocycles. The first-order chi connectivity index (χ1) is 5.59. The molecule has 12 heavy (non-hydrogen) atoms. The van der Waals surface area contributed by atoms with Gasteiger partial charge in [-0.2, -0.15) is 0 Å². The number of carboxylic acid groups (broad SMARTS) is 1. The van der Waals surface area contributed by atoms with E-state index in [-0.39, 0.29) is 6.42 Å². The van der Waals surface area contributed by atoms with Gasteiger partial charge in [0.15, 0.2) is 6.10 Å². The van der Waals surface area contributed by atoms with Crippen LogP contribution in [0.15, 0.2) is 16.7 Å². The summed E-state index contributed by atoms with van der Waals surface area (Å²) < 4.78 is 4.96. The summed E-state index contributed by atoms with van der Waals surface area (Å²) in [6, 6.07) is 1.70. The Morgan fingerprint density at radius 3 is 2.83 bits per heavy atom. The van der Waals surface area contributed by atoms with E-state index in [2.05, 4.69) is 0 Å². The van der Waals surface area contributed by atoms with Gasteiger partial charge in [-0.1, -0.05) is 0 Å². The summed E-state index contributed by atoms with van der Waals surface area (Å²) in [6.45, 7) is 1.83. The van der Waals surface area contributed by atoms with E-state index < -0.39 is 12.1 Å². The molecule has 1 atom stereocenters. The van der Waals surface area contributed by atoms with Crippen molar-refractivity contribution in [2.24, 2.45) is 0 Å². The molecule has 0 aliphatic carbocycles. The molecular weight excluding hydrogens is 160 g/mol. The van der Waals surface area contributed by atoms with E-state index in [9.17, 15) is 4.79 Å². The van der Waals surface area contributed by atoms with E-state index in [1.165, 1.54) is 6.26 Å². The molecule has 1 unspecified atom stereocenters. The highest BCUT2D eigenvalue weighted by Crippen LogP contribution is 2.08. The third-order valence-corrected chi connectivity index (χ3v) is 1.46. The molecule has 2 N–H and O–H groups in total. The van der Waals surface area contributed by atoms with E-state index >= 15 is 0 Å². The number of rotatable bonds is 3. The van der Waals surface area contributed by atoms with Crippen LogP contribution in [0.25, 0.3) is 0 Å². The van der Waals surface area contributed by atoms with Crippen LogP contribution in [0.2, 0.25) is 0 Å². The Morgan fingerprint density at radius 2 is 2.42 bits per heavy atom. The van der Waals surface area contributed by atoms with Crippen molar-refractivity contribution in [2.45, 2.75) is 19.4 Å². The second-order valence-corrected chi connectivity index (χ2v) is 2.65. The van der Waals surface area contributed by atoms with Gasteiger partial charge in [0, 0.05) is 6.42 Å². The Kier molecular flexibility index (Phi) is 2.50. The summed E-state index contributed by atoms with van der Waals surface area (Å²) in [4.78, 5) is 10.2. The number of aliphatic carboxylic acids is 1. The van der Waals surface area contributed by atoms with Crippen LogP contribution < -0.4 is 0 Å². The fraction of sp³-hybridized carbons (Fsp3) is 0.375. The normalized spacial score (nSPS) is 12.8. The molecule has 1 aromatic rings. The highest BCUT2D eigenvalue weighted by Gasteiger charge is 2.15. The fourth-order valence-electron chi connectivity index (χ4n) is 0.876. The van der Waals surface area contributed by atoms with Crippen LogP contribution in [0, 0.1) is 6.92 Å². The predicted molar refractivity (Wildman–Crippen MR) is 40.8 cm³/mol. The van der Waals surface area contributed by atoms with Gasteiger partial charge in [-0.15, -0.1) is 0 Å². The monoisotopic (exact) mass is 170 g/mol. The molecule has 4 nitrogen and oxygen atoms in total. The lowest BCUT2D eigenvalue weighted by molar-refractivity contribution is -0.146. The minimum atomic E-state index is -1.38. The summed E-state index contributed by atoms with van der Waals surface area (Å²) in [5.74, 6) is -0.744. The number of furan rings is 1. The van der Waals surface area contributed by atoms with E-state index in [0.717, 1.165) is 5.56 Å². The van der Waals surface area contributed by atoms with Gasteiger partial charge in [0.1, 0.15) is 5.76 Å². The topological polar surface area (TPSA) is 70.7 Å². The van der Waals surface area contributed by atoms with Gasteiger partial charge in [-0.3, -0.25) is 0 Å². The first-order valence-corrected chi connectivity index (χ1v) is 3.54. The molecule has 0 fully saturated rings. The molecule has 0 aliphatic rings. The second-order valence-electron chi connectivity index (χ2n) is 2.65. The lowest BCUT2D eigenvalue weighted by atomic mass is 10.2. The average molecular weight is 170 g/mol. The van der Waals surface area contributed by atoms with Crippen LogP contribution in [0.4, 0.5) is 0 Å². The van der Waals surface area contributed by atoms with Crippen molar-refractivity contribution in [3.05, 3.63) is 23.7 Å². The molecule has 1 heterocycles. The van der Waals surface area contributed by atoms with Crippen LogP contribution in [-0.4, -0.2) is 22.3 Å². The quantitative estimate of drug-likeness (QED) is 0.695. The lowest BCUT2D eigenvalue weighted by Crippen LogP contribution is -2.21. The average Bonchev–Trinajstić information content (AvgIpc) is 2.35. The van der Waals surface area contributed by atoms with Crippen molar-refractivity contribution in [1.29, 1.82) is 0 Å². The van der Waals surface area contributed by atoms with E-state index in [1.54, 1.807) is 6.07 Å². The molecule has 1 rings (SSSR count). The SMILES string of the molecule is Cc1coc(CC(O)C(=O)O)c1. The maximum Gasteiger partial charge on any atom is 0.332 e. The van der Waals surface area contributed by atoms with Gasteiger partial charge >= 0.3 is 5.97 Å². The number of carbonyl (C=O) groups is 1. The number of aliphatic hydroxyl groups is 1. The maximum atomic E-state index is 10.2. The Morgan fingerprint density at radius 1 is 1.75 bits per heavy atom. The summed E-state index contributed by atoms with van der Waals surface area (Å²) >= 11 is 0. The number of hydrogen-bond donors (Lipinski definition) is 2. The van der Waals surface area contributed by atoms with Gasteiger partial charge < -0.3 is 14.6 Å². The molecule has 4 heteroatoms. The van der Waals surface area contributed by atoms with E-state index in [4.69, 9.17) is 14.6 Å². The first kappa shape index (κ1) is 8.80. The van der Waals surface area contributed by atoms with Crippen LogP contribution >= 0.6 is 0 Å². The molecule has 0 radical (unpaired) electrons. The van der Waals surface area contributed by atoms with Crippen LogP contribution in [0.3, 0.4) is 0 Å². The van der Waals surface area contributed by atoms with Gasteiger partial charge in [0.25, 0.3) is 0 Å². The van der Waals surface area contributed by atoms with Gasteiger partial charge in [-0.25, -0.2) is 4.79 Å². The van der Waals surface area contributed by atoms with Crippen molar-refractivity contribution in [3.8, 4) is 0 Å². The maximum absolute atomic E-state index is 10.2. The Balaban J connectivity index is 2.58. The summed E-state index contributed by atoms with van der Waals surface area (Å²) in [6.07, 6.45) is 0.156. The Bertz CT molecular complexity index is 276. The third kappa shape index (κ3) is 2.10. The third-order valence-electron chi connectivity index (χ3n) is 1.46. The standard InChI is InChI=1S/C8H10O4/c1-5-2-6(12-4-5)3-7(9)8(10)11/h2,4,7,9H,3H2,1H3,(H,10,11). The summed E-state index contributed by atoms with van der Waals surface area (Å²) in [5, 5.41) is 17.3. The zero-order valence-corrected chi connectivity index (χ0v) is 6.65. The number of hydrogen-bond acceptors (Lipinski definition) is 3. The summed E-state index contributed by atoms with van der Waals surface area (Å²) in [7, 11) is 0. The highest BCUT2D eigenvalue weighted by molar-refractivity contribution is 5.72. The van der Waals surface area contributed by atoms with Crippen molar-refractivity contribution in [1.82, 2.24) is 0 Å². The van der Waals surface area contributed by atoms with Gasteiger partial charge in [-0.05, 0) is 18.6 Å². The van der Waals surface area contributed by atoms with E-state index in [1.807, 2.05) is 6.92 Å². The van der Waals surface area contributed by atoms with Crippen molar-refractivity contribution in [2.75, 3.05) is 0 Å². The lowest BCUT2D eigenvalue weighted by Gasteiger charge is -2.00. The minimum absolute atomic E-state index is 0.0170. The molecule has 66 valence electrons. The zero-order chi connectivity index (χ0) is 9.14. The van der Waals surface area contributed by atoms with Crippen LogP contribution in [0.5, 0.6) is 0 Å². The Hall–Kier alpha value is -1.29. The van der Waals surface area contributed by atoms with Crippen molar-refractivity contribution < 1.29 is 19.4 Å². The summed E-state index contributed by atoms with van der Waals surface area (Å²) in [5.41, 5.74) is 0.919. The number of aryl methyl sites for hydroxylation is 1. The molecule has 1 aromatic heterocycles. The second kappa shape index (κ2) is 3.40. The fourth-order valence-corrected chi connectivity index (χ4v) is 0.876. The molecule has 0 aromatic carbocycles. The van der Waals surface area contributed by atoms with Crippen LogP contribution in [-0.2, 0) is 11.2 Å². The van der Waals surface area contributed by atoms with Crippen LogP contribution in [0.1, 0.15) is 11.3 Å². The van der Waals surface area contributed by atoms with Crippen molar-refractivity contribution in [3.63, 3.8) is 0 Å². The predicted octanol–water partition coefficient (Wildman–Crippen LogP) is 0.576. The highest BCUT2D eigenvalue weighted by atomic mass is 16.4.